The van der Waals surface area contributed by atoms with Gasteiger partial charge < -0.3 is 9.64 Å². The number of benzene rings is 1. The number of likely N-dealkylation sites (tertiary alicyclic amines) is 1. The van der Waals surface area contributed by atoms with Crippen molar-refractivity contribution in [3.05, 3.63) is 29.8 Å². The third kappa shape index (κ3) is 4.54. The minimum Gasteiger partial charge on any atom is -0.488 e. The van der Waals surface area contributed by atoms with E-state index in [2.05, 4.69) is 38.1 Å². The fraction of sp³-hybridized carbons (Fsp3) is 0.647. The van der Waals surface area contributed by atoms with Crippen LogP contribution in [0, 0.1) is 0 Å². The van der Waals surface area contributed by atoms with Crippen LogP contribution in [0.1, 0.15) is 51.0 Å². The molecule has 1 aliphatic rings. The van der Waals surface area contributed by atoms with Crippen LogP contribution in [0.5, 0.6) is 5.75 Å². The van der Waals surface area contributed by atoms with Crippen LogP contribution < -0.4 is 9.64 Å². The summed E-state index contributed by atoms with van der Waals surface area (Å²) in [5.74, 6) is 1.66. The van der Waals surface area contributed by atoms with E-state index in [1.165, 1.54) is 44.3 Å². The number of hydrogen-bond donors (Lipinski definition) is 1. The zero-order chi connectivity index (χ0) is 13.5. The van der Waals surface area contributed by atoms with Crippen LogP contribution in [0.15, 0.2) is 24.3 Å². The summed E-state index contributed by atoms with van der Waals surface area (Å²) in [5.41, 5.74) is 1.41. The Morgan fingerprint density at radius 1 is 1.11 bits per heavy atom. The van der Waals surface area contributed by atoms with Gasteiger partial charge in [-0.2, -0.15) is 0 Å². The lowest BCUT2D eigenvalue weighted by atomic mass is 9.99. The normalized spacial score (nSPS) is 18.2. The van der Waals surface area contributed by atoms with Crippen LogP contribution in [-0.4, -0.2) is 26.2 Å². The summed E-state index contributed by atoms with van der Waals surface area (Å²) in [6, 6.07) is 8.65. The molecule has 2 heteroatoms. The smallest absolute Gasteiger partial charge is 0.137 e. The summed E-state index contributed by atoms with van der Waals surface area (Å²) in [7, 11) is 0. The van der Waals surface area contributed by atoms with Crippen molar-refractivity contribution in [3.8, 4) is 5.75 Å². The van der Waals surface area contributed by atoms with Crippen molar-refractivity contribution >= 4 is 0 Å². The number of ether oxygens (including phenoxy) is 1. The average molecular weight is 262 g/mol. The second-order valence-corrected chi connectivity index (χ2v) is 5.79. The van der Waals surface area contributed by atoms with Gasteiger partial charge in [0.25, 0.3) is 0 Å². The molecule has 1 N–H and O–H groups in total. The number of rotatable bonds is 6. The molecule has 0 spiro atoms. The van der Waals surface area contributed by atoms with Crippen molar-refractivity contribution in [3.63, 3.8) is 0 Å². The van der Waals surface area contributed by atoms with Gasteiger partial charge in [0.1, 0.15) is 18.9 Å². The van der Waals surface area contributed by atoms with E-state index >= 15 is 0 Å². The summed E-state index contributed by atoms with van der Waals surface area (Å²) in [5, 5.41) is 0. The predicted octanol–water partition coefficient (Wildman–Crippen LogP) is 2.65. The summed E-state index contributed by atoms with van der Waals surface area (Å²) in [6.07, 6.45) is 5.39. The van der Waals surface area contributed by atoms with E-state index in [0.29, 0.717) is 5.92 Å². The Morgan fingerprint density at radius 2 is 1.79 bits per heavy atom. The number of quaternary nitrogens is 1. The van der Waals surface area contributed by atoms with E-state index in [9.17, 15) is 0 Å². The highest BCUT2D eigenvalue weighted by atomic mass is 16.5. The van der Waals surface area contributed by atoms with Gasteiger partial charge in [-0.1, -0.05) is 26.0 Å². The second kappa shape index (κ2) is 7.54. The maximum absolute atomic E-state index is 5.86. The Bertz CT molecular complexity index is 354. The first-order valence-electron chi connectivity index (χ1n) is 7.86. The third-order valence-electron chi connectivity index (χ3n) is 4.35. The van der Waals surface area contributed by atoms with Crippen molar-refractivity contribution < 1.29 is 9.64 Å². The highest BCUT2D eigenvalue weighted by molar-refractivity contribution is 5.29. The summed E-state index contributed by atoms with van der Waals surface area (Å²) < 4.78 is 5.86. The van der Waals surface area contributed by atoms with E-state index in [1.807, 2.05) is 0 Å². The Morgan fingerprint density at radius 3 is 2.42 bits per heavy atom. The van der Waals surface area contributed by atoms with Crippen molar-refractivity contribution in [1.29, 1.82) is 0 Å². The van der Waals surface area contributed by atoms with Crippen molar-refractivity contribution in [1.82, 2.24) is 0 Å². The van der Waals surface area contributed by atoms with Crippen molar-refractivity contribution in [2.45, 2.75) is 45.4 Å². The minimum absolute atomic E-state index is 0.645. The second-order valence-electron chi connectivity index (χ2n) is 5.79. The Kier molecular flexibility index (Phi) is 5.71. The molecular weight excluding hydrogens is 234 g/mol. The molecule has 0 radical (unpaired) electrons. The van der Waals surface area contributed by atoms with Crippen molar-refractivity contribution in [2.24, 2.45) is 0 Å². The van der Waals surface area contributed by atoms with Gasteiger partial charge in [-0.25, -0.2) is 0 Å². The maximum atomic E-state index is 5.86. The number of hydrogen-bond acceptors (Lipinski definition) is 1. The van der Waals surface area contributed by atoms with E-state index in [1.54, 1.807) is 4.90 Å². The summed E-state index contributed by atoms with van der Waals surface area (Å²) in [6.45, 7) is 9.16. The van der Waals surface area contributed by atoms with Crippen molar-refractivity contribution in [2.75, 3.05) is 26.2 Å². The Labute approximate surface area is 117 Å². The first kappa shape index (κ1) is 14.4. The van der Waals surface area contributed by atoms with Gasteiger partial charge in [-0.05, 0) is 49.3 Å². The summed E-state index contributed by atoms with van der Waals surface area (Å²) in [4.78, 5) is 1.71. The lowest BCUT2D eigenvalue weighted by Gasteiger charge is -2.23. The van der Waals surface area contributed by atoms with Gasteiger partial charge in [-0.3, -0.25) is 0 Å². The molecular formula is C17H28NO+. The summed E-state index contributed by atoms with van der Waals surface area (Å²) >= 11 is 0. The molecule has 0 saturated carbocycles. The fourth-order valence-corrected chi connectivity index (χ4v) is 2.74. The maximum Gasteiger partial charge on any atom is 0.137 e. The Hall–Kier alpha value is -1.02. The average Bonchev–Trinajstić information content (AvgIpc) is 2.48. The standard InChI is InChI=1S/C17H27NO/c1-3-15(2)16-7-9-17(10-8-16)19-14-13-18-11-5-4-6-12-18/h7-10,15H,3-6,11-14H2,1-2H3/p+1/t15-/m0/s1. The Balaban J connectivity index is 1.73. The molecule has 1 fully saturated rings. The molecule has 0 aromatic heterocycles. The lowest BCUT2D eigenvalue weighted by Crippen LogP contribution is -3.13. The molecule has 0 amide bonds. The van der Waals surface area contributed by atoms with Crippen LogP contribution >= 0.6 is 0 Å². The quantitative estimate of drug-likeness (QED) is 0.832. The molecule has 0 unspecified atom stereocenters. The fourth-order valence-electron chi connectivity index (χ4n) is 2.74. The van der Waals surface area contributed by atoms with Gasteiger partial charge in [-0.15, -0.1) is 0 Å². The van der Waals surface area contributed by atoms with Crippen LogP contribution in [0.25, 0.3) is 0 Å². The van der Waals surface area contributed by atoms with Crippen LogP contribution in [0.4, 0.5) is 0 Å². The monoisotopic (exact) mass is 262 g/mol. The molecule has 1 aromatic carbocycles. The van der Waals surface area contributed by atoms with Gasteiger partial charge in [0.15, 0.2) is 0 Å². The molecule has 19 heavy (non-hydrogen) atoms. The molecule has 106 valence electrons. The van der Waals surface area contributed by atoms with Gasteiger partial charge in [0.05, 0.1) is 13.1 Å². The van der Waals surface area contributed by atoms with Crippen LogP contribution in [0.3, 0.4) is 0 Å². The highest BCUT2D eigenvalue weighted by Crippen LogP contribution is 2.21. The predicted molar refractivity (Wildman–Crippen MR) is 80.1 cm³/mol. The van der Waals surface area contributed by atoms with E-state index in [-0.39, 0.29) is 0 Å². The number of nitrogens with one attached hydrogen (secondary N) is 1. The molecule has 1 atom stereocenters. The molecule has 1 heterocycles. The minimum atomic E-state index is 0.645. The zero-order valence-corrected chi connectivity index (χ0v) is 12.5. The SMILES string of the molecule is CC[C@H](C)c1ccc(OCC[NH+]2CCCCC2)cc1. The van der Waals surface area contributed by atoms with E-state index in [4.69, 9.17) is 4.74 Å². The molecule has 2 rings (SSSR count). The molecule has 2 nitrogen and oxygen atoms in total. The molecule has 1 aromatic rings. The van der Waals surface area contributed by atoms with Gasteiger partial charge in [0, 0.05) is 0 Å². The molecule has 1 saturated heterocycles. The molecule has 0 bridgehead atoms. The molecule has 1 aliphatic heterocycles. The van der Waals surface area contributed by atoms with Crippen LogP contribution in [0.2, 0.25) is 0 Å². The van der Waals surface area contributed by atoms with Gasteiger partial charge in [0.2, 0.25) is 0 Å². The third-order valence-corrected chi connectivity index (χ3v) is 4.35. The molecule has 0 aliphatic carbocycles. The van der Waals surface area contributed by atoms with Gasteiger partial charge >= 0.3 is 0 Å². The van der Waals surface area contributed by atoms with E-state index < -0.39 is 0 Å². The number of piperidine rings is 1. The van der Waals surface area contributed by atoms with E-state index in [0.717, 1.165) is 18.9 Å². The zero-order valence-electron chi connectivity index (χ0n) is 12.5. The lowest BCUT2D eigenvalue weighted by molar-refractivity contribution is -0.904. The highest BCUT2D eigenvalue weighted by Gasteiger charge is 2.12. The largest absolute Gasteiger partial charge is 0.488 e. The first-order valence-corrected chi connectivity index (χ1v) is 7.86. The van der Waals surface area contributed by atoms with Crippen LogP contribution in [-0.2, 0) is 0 Å². The topological polar surface area (TPSA) is 13.7 Å². The first-order chi connectivity index (χ1) is 9.29.